The SMILES string of the molecule is COc1c(C(O)Cc2ccccc2F)c(C)nn1C. The first-order valence-corrected chi connectivity index (χ1v) is 6.03. The predicted molar refractivity (Wildman–Crippen MR) is 69.6 cm³/mol. The molecule has 0 saturated heterocycles. The molecule has 0 fully saturated rings. The molecule has 0 spiro atoms. The van der Waals surface area contributed by atoms with Crippen molar-refractivity contribution < 1.29 is 14.2 Å². The number of ether oxygens (including phenoxy) is 1. The molecular formula is C14H17FN2O2. The average Bonchev–Trinajstić information content (AvgIpc) is 2.66. The Hall–Kier alpha value is -1.88. The van der Waals surface area contributed by atoms with E-state index in [0.717, 1.165) is 0 Å². The zero-order chi connectivity index (χ0) is 14.0. The molecule has 0 amide bonds. The van der Waals surface area contributed by atoms with E-state index in [-0.39, 0.29) is 12.2 Å². The first-order chi connectivity index (χ1) is 9.04. The molecule has 0 bridgehead atoms. The van der Waals surface area contributed by atoms with E-state index in [1.54, 1.807) is 36.9 Å². The summed E-state index contributed by atoms with van der Waals surface area (Å²) in [4.78, 5) is 0. The van der Waals surface area contributed by atoms with Gasteiger partial charge < -0.3 is 9.84 Å². The second-order valence-electron chi connectivity index (χ2n) is 4.44. The van der Waals surface area contributed by atoms with Gasteiger partial charge in [0.1, 0.15) is 5.82 Å². The quantitative estimate of drug-likeness (QED) is 0.920. The molecule has 2 rings (SSSR count). The third kappa shape index (κ3) is 2.61. The van der Waals surface area contributed by atoms with Crippen LogP contribution in [0.1, 0.15) is 22.9 Å². The van der Waals surface area contributed by atoms with E-state index in [0.29, 0.717) is 22.7 Å². The largest absolute Gasteiger partial charge is 0.481 e. The van der Waals surface area contributed by atoms with Crippen LogP contribution < -0.4 is 4.74 Å². The molecule has 2 aromatic rings. The average molecular weight is 264 g/mol. The van der Waals surface area contributed by atoms with Gasteiger partial charge in [0, 0.05) is 13.5 Å². The van der Waals surface area contributed by atoms with Crippen LogP contribution in [-0.2, 0) is 13.5 Å². The van der Waals surface area contributed by atoms with E-state index >= 15 is 0 Å². The predicted octanol–water partition coefficient (Wildman–Crippen LogP) is 2.15. The molecule has 0 aliphatic rings. The lowest BCUT2D eigenvalue weighted by Crippen LogP contribution is -2.06. The highest BCUT2D eigenvalue weighted by Gasteiger charge is 2.22. The van der Waals surface area contributed by atoms with Gasteiger partial charge >= 0.3 is 0 Å². The summed E-state index contributed by atoms with van der Waals surface area (Å²) >= 11 is 0. The number of hydrogen-bond donors (Lipinski definition) is 1. The summed E-state index contributed by atoms with van der Waals surface area (Å²) in [6.07, 6.45) is -0.657. The first-order valence-electron chi connectivity index (χ1n) is 6.03. The van der Waals surface area contributed by atoms with E-state index in [2.05, 4.69) is 5.10 Å². The fourth-order valence-electron chi connectivity index (χ4n) is 2.25. The number of hydrogen-bond acceptors (Lipinski definition) is 3. The van der Waals surface area contributed by atoms with Crippen LogP contribution in [0, 0.1) is 12.7 Å². The number of aliphatic hydroxyl groups is 1. The Morgan fingerprint density at radius 2 is 2.11 bits per heavy atom. The smallest absolute Gasteiger partial charge is 0.217 e. The van der Waals surface area contributed by atoms with Gasteiger partial charge in [-0.1, -0.05) is 18.2 Å². The molecule has 1 aromatic carbocycles. The van der Waals surface area contributed by atoms with Crippen molar-refractivity contribution in [3.63, 3.8) is 0 Å². The fourth-order valence-corrected chi connectivity index (χ4v) is 2.25. The van der Waals surface area contributed by atoms with Crippen LogP contribution in [0.3, 0.4) is 0 Å². The van der Waals surface area contributed by atoms with Gasteiger partial charge in [-0.15, -0.1) is 0 Å². The van der Waals surface area contributed by atoms with Gasteiger partial charge in [0.05, 0.1) is 24.5 Å². The van der Waals surface area contributed by atoms with Gasteiger partial charge in [0.2, 0.25) is 5.88 Å². The minimum absolute atomic E-state index is 0.190. The summed E-state index contributed by atoms with van der Waals surface area (Å²) in [5.74, 6) is 0.184. The fraction of sp³-hybridized carbons (Fsp3) is 0.357. The molecule has 1 unspecified atom stereocenters. The Bertz CT molecular complexity index is 581. The number of aromatic nitrogens is 2. The van der Waals surface area contributed by atoms with Crippen LogP contribution in [0.4, 0.5) is 4.39 Å². The maximum absolute atomic E-state index is 13.6. The monoisotopic (exact) mass is 264 g/mol. The Kier molecular flexibility index (Phi) is 3.85. The third-order valence-corrected chi connectivity index (χ3v) is 3.11. The number of halogens is 1. The number of aliphatic hydroxyl groups excluding tert-OH is 1. The minimum atomic E-state index is -0.847. The van der Waals surface area contributed by atoms with Crippen LogP contribution in [0.5, 0.6) is 5.88 Å². The van der Waals surface area contributed by atoms with Crippen molar-refractivity contribution in [2.24, 2.45) is 7.05 Å². The summed E-state index contributed by atoms with van der Waals surface area (Å²) in [6, 6.07) is 6.42. The summed E-state index contributed by atoms with van der Waals surface area (Å²) in [5.41, 5.74) is 1.76. The highest BCUT2D eigenvalue weighted by Crippen LogP contribution is 2.30. The van der Waals surface area contributed by atoms with Crippen LogP contribution in [0.15, 0.2) is 24.3 Å². The topological polar surface area (TPSA) is 47.3 Å². The van der Waals surface area contributed by atoms with Crippen molar-refractivity contribution in [2.45, 2.75) is 19.4 Å². The van der Waals surface area contributed by atoms with E-state index in [1.165, 1.54) is 13.2 Å². The zero-order valence-electron chi connectivity index (χ0n) is 11.2. The highest BCUT2D eigenvalue weighted by molar-refractivity contribution is 5.34. The van der Waals surface area contributed by atoms with Gasteiger partial charge in [-0.05, 0) is 18.6 Å². The number of aryl methyl sites for hydroxylation is 2. The number of nitrogens with zero attached hydrogens (tertiary/aromatic N) is 2. The van der Waals surface area contributed by atoms with Gasteiger partial charge in [-0.3, -0.25) is 0 Å². The summed E-state index contributed by atoms with van der Waals surface area (Å²) in [7, 11) is 3.26. The van der Waals surface area contributed by atoms with Gasteiger partial charge in [0.25, 0.3) is 0 Å². The third-order valence-electron chi connectivity index (χ3n) is 3.11. The van der Waals surface area contributed by atoms with Crippen molar-refractivity contribution in [3.05, 3.63) is 46.9 Å². The van der Waals surface area contributed by atoms with Crippen molar-refractivity contribution >= 4 is 0 Å². The van der Waals surface area contributed by atoms with Gasteiger partial charge in [-0.25, -0.2) is 9.07 Å². The lowest BCUT2D eigenvalue weighted by molar-refractivity contribution is 0.171. The summed E-state index contributed by atoms with van der Waals surface area (Å²) < 4.78 is 20.4. The molecule has 19 heavy (non-hydrogen) atoms. The Labute approximate surface area is 111 Å². The second-order valence-corrected chi connectivity index (χ2v) is 4.44. The first kappa shape index (κ1) is 13.5. The molecular weight excluding hydrogens is 247 g/mol. The molecule has 1 atom stereocenters. The zero-order valence-corrected chi connectivity index (χ0v) is 11.2. The van der Waals surface area contributed by atoms with E-state index in [4.69, 9.17) is 4.74 Å². The molecule has 102 valence electrons. The Morgan fingerprint density at radius 1 is 1.42 bits per heavy atom. The van der Waals surface area contributed by atoms with Crippen LogP contribution in [0.25, 0.3) is 0 Å². The molecule has 0 aliphatic heterocycles. The molecule has 0 radical (unpaired) electrons. The number of methoxy groups -OCH3 is 1. The van der Waals surface area contributed by atoms with Crippen molar-refractivity contribution in [1.82, 2.24) is 9.78 Å². The normalized spacial score (nSPS) is 12.5. The lowest BCUT2D eigenvalue weighted by Gasteiger charge is -2.12. The van der Waals surface area contributed by atoms with E-state index in [9.17, 15) is 9.50 Å². The van der Waals surface area contributed by atoms with Crippen LogP contribution in [-0.4, -0.2) is 22.0 Å². The molecule has 1 aromatic heterocycles. The molecule has 5 heteroatoms. The van der Waals surface area contributed by atoms with Crippen LogP contribution in [0.2, 0.25) is 0 Å². The second kappa shape index (κ2) is 5.40. The Balaban J connectivity index is 2.30. The standard InChI is InChI=1S/C14H17FN2O2/c1-9-13(14(19-3)17(2)16-9)12(18)8-10-6-4-5-7-11(10)15/h4-7,12,18H,8H2,1-3H3. The molecule has 1 N–H and O–H groups in total. The van der Waals surface area contributed by atoms with E-state index in [1.807, 2.05) is 0 Å². The van der Waals surface area contributed by atoms with Gasteiger partial charge in [0.15, 0.2) is 0 Å². The molecule has 0 aliphatic carbocycles. The molecule has 4 nitrogen and oxygen atoms in total. The van der Waals surface area contributed by atoms with Gasteiger partial charge in [-0.2, -0.15) is 5.10 Å². The van der Waals surface area contributed by atoms with E-state index < -0.39 is 6.10 Å². The number of benzene rings is 1. The van der Waals surface area contributed by atoms with Crippen molar-refractivity contribution in [1.29, 1.82) is 0 Å². The summed E-state index contributed by atoms with van der Waals surface area (Å²) in [6.45, 7) is 1.79. The molecule has 0 saturated carbocycles. The van der Waals surface area contributed by atoms with Crippen molar-refractivity contribution in [2.75, 3.05) is 7.11 Å². The van der Waals surface area contributed by atoms with Crippen LogP contribution >= 0.6 is 0 Å². The maximum Gasteiger partial charge on any atom is 0.217 e. The van der Waals surface area contributed by atoms with Crippen molar-refractivity contribution in [3.8, 4) is 5.88 Å². The lowest BCUT2D eigenvalue weighted by atomic mass is 10.0. The Morgan fingerprint density at radius 3 is 2.74 bits per heavy atom. The summed E-state index contributed by atoms with van der Waals surface area (Å²) in [5, 5.41) is 14.5. The maximum atomic E-state index is 13.6. The highest BCUT2D eigenvalue weighted by atomic mass is 19.1. The minimum Gasteiger partial charge on any atom is -0.481 e. The molecule has 1 heterocycles. The number of rotatable bonds is 4.